The molecule has 2 aliphatic heterocycles. The van der Waals surface area contributed by atoms with Crippen molar-refractivity contribution in [3.05, 3.63) is 0 Å². The van der Waals surface area contributed by atoms with E-state index in [1.165, 1.54) is 0 Å². The van der Waals surface area contributed by atoms with Crippen LogP contribution in [0.1, 0.15) is 13.3 Å². The summed E-state index contributed by atoms with van der Waals surface area (Å²) in [6, 6.07) is 0. The van der Waals surface area contributed by atoms with Crippen molar-refractivity contribution in [2.45, 2.75) is 13.3 Å². The highest BCUT2D eigenvalue weighted by Crippen LogP contribution is 2.25. The predicted octanol–water partition coefficient (Wildman–Crippen LogP) is 0.0472. The van der Waals surface area contributed by atoms with E-state index >= 15 is 0 Å². The number of hydrogen-bond donors (Lipinski definition) is 1. The summed E-state index contributed by atoms with van der Waals surface area (Å²) in [5.74, 6) is 1.06. The fourth-order valence-electron chi connectivity index (χ4n) is 2.16. The number of hydrogen-bond acceptors (Lipinski definition) is 4. The van der Waals surface area contributed by atoms with Gasteiger partial charge in [-0.2, -0.15) is 0 Å². The average molecular weight is 233 g/mol. The maximum Gasteiger partial charge on any atom is 0.150 e. The number of rotatable bonds is 4. The Bertz CT molecular complexity index is 322. The van der Waals surface area contributed by atoms with Crippen LogP contribution in [0.5, 0.6) is 0 Å². The second kappa shape index (κ2) is 4.03. The summed E-state index contributed by atoms with van der Waals surface area (Å²) in [7, 11) is -2.72. The molecule has 2 aliphatic rings. The Labute approximate surface area is 91.3 Å². The Balaban J connectivity index is 1.67. The van der Waals surface area contributed by atoms with E-state index in [1.807, 2.05) is 0 Å². The maximum absolute atomic E-state index is 11.2. The van der Waals surface area contributed by atoms with Gasteiger partial charge in [-0.1, -0.05) is 6.92 Å². The molecule has 2 fully saturated rings. The standard InChI is InChI=1S/C10H19NO3S/c1-10(7-14-8-10)6-11-4-9-2-3-15(12,13)5-9/h9,11H,2-8H2,1H3. The maximum atomic E-state index is 11.2. The molecule has 1 unspecified atom stereocenters. The molecule has 0 amide bonds. The van der Waals surface area contributed by atoms with Crippen LogP contribution in [0.2, 0.25) is 0 Å². The van der Waals surface area contributed by atoms with Gasteiger partial charge in [0.2, 0.25) is 0 Å². The molecule has 2 rings (SSSR count). The molecule has 2 heterocycles. The first-order valence-electron chi connectivity index (χ1n) is 5.48. The van der Waals surface area contributed by atoms with Crippen molar-refractivity contribution < 1.29 is 13.2 Å². The zero-order valence-corrected chi connectivity index (χ0v) is 9.98. The smallest absolute Gasteiger partial charge is 0.150 e. The summed E-state index contributed by atoms with van der Waals surface area (Å²) in [4.78, 5) is 0. The topological polar surface area (TPSA) is 55.4 Å². The normalized spacial score (nSPS) is 32.5. The van der Waals surface area contributed by atoms with E-state index in [-0.39, 0.29) is 5.41 Å². The SMILES string of the molecule is CC1(CNCC2CCS(=O)(=O)C2)COC1. The molecule has 0 saturated carbocycles. The first-order chi connectivity index (χ1) is 6.99. The summed E-state index contributed by atoms with van der Waals surface area (Å²) in [6.45, 7) is 5.60. The molecule has 0 bridgehead atoms. The van der Waals surface area contributed by atoms with E-state index in [9.17, 15) is 8.42 Å². The zero-order chi connectivity index (χ0) is 10.9. The molecule has 4 nitrogen and oxygen atoms in total. The van der Waals surface area contributed by atoms with Crippen molar-refractivity contribution in [2.75, 3.05) is 37.8 Å². The quantitative estimate of drug-likeness (QED) is 0.745. The summed E-state index contributed by atoms with van der Waals surface area (Å²) in [6.07, 6.45) is 0.822. The summed E-state index contributed by atoms with van der Waals surface area (Å²) in [5, 5.41) is 3.36. The molecular weight excluding hydrogens is 214 g/mol. The molecule has 0 radical (unpaired) electrons. The average Bonchev–Trinajstić information content (AvgIpc) is 2.43. The van der Waals surface area contributed by atoms with E-state index < -0.39 is 9.84 Å². The minimum Gasteiger partial charge on any atom is -0.380 e. The van der Waals surface area contributed by atoms with Crippen LogP contribution in [0.4, 0.5) is 0 Å². The third-order valence-corrected chi connectivity index (χ3v) is 5.05. The molecule has 0 aromatic rings. The van der Waals surface area contributed by atoms with Gasteiger partial charge in [-0.25, -0.2) is 8.42 Å². The van der Waals surface area contributed by atoms with Crippen LogP contribution in [0.25, 0.3) is 0 Å². The Kier molecular flexibility index (Phi) is 3.05. The van der Waals surface area contributed by atoms with Gasteiger partial charge in [-0.3, -0.25) is 0 Å². The highest BCUT2D eigenvalue weighted by Gasteiger charge is 2.33. The van der Waals surface area contributed by atoms with Crippen molar-refractivity contribution in [2.24, 2.45) is 11.3 Å². The first-order valence-corrected chi connectivity index (χ1v) is 7.30. The van der Waals surface area contributed by atoms with E-state index in [0.29, 0.717) is 17.4 Å². The molecule has 88 valence electrons. The minimum atomic E-state index is -2.72. The Morgan fingerprint density at radius 3 is 2.67 bits per heavy atom. The Morgan fingerprint density at radius 1 is 1.47 bits per heavy atom. The van der Waals surface area contributed by atoms with Gasteiger partial charge in [-0.05, 0) is 18.9 Å². The van der Waals surface area contributed by atoms with Crippen LogP contribution in [0.3, 0.4) is 0 Å². The molecule has 1 N–H and O–H groups in total. The first kappa shape index (κ1) is 11.4. The van der Waals surface area contributed by atoms with E-state index in [4.69, 9.17) is 4.74 Å². The van der Waals surface area contributed by atoms with Crippen LogP contribution in [-0.4, -0.2) is 46.2 Å². The zero-order valence-electron chi connectivity index (χ0n) is 9.16. The van der Waals surface area contributed by atoms with Gasteiger partial charge in [0.05, 0.1) is 24.7 Å². The summed E-state index contributed by atoms with van der Waals surface area (Å²) in [5.41, 5.74) is 0.275. The van der Waals surface area contributed by atoms with Crippen molar-refractivity contribution in [3.63, 3.8) is 0 Å². The highest BCUT2D eigenvalue weighted by atomic mass is 32.2. The van der Waals surface area contributed by atoms with Gasteiger partial charge < -0.3 is 10.1 Å². The van der Waals surface area contributed by atoms with E-state index in [2.05, 4.69) is 12.2 Å². The van der Waals surface area contributed by atoms with Crippen LogP contribution < -0.4 is 5.32 Å². The minimum absolute atomic E-state index is 0.275. The lowest BCUT2D eigenvalue weighted by atomic mass is 9.88. The Morgan fingerprint density at radius 2 is 2.20 bits per heavy atom. The van der Waals surface area contributed by atoms with Crippen LogP contribution in [-0.2, 0) is 14.6 Å². The van der Waals surface area contributed by atoms with Crippen LogP contribution in [0.15, 0.2) is 0 Å². The third kappa shape index (κ3) is 2.92. The highest BCUT2D eigenvalue weighted by molar-refractivity contribution is 7.91. The molecule has 1 atom stereocenters. The lowest BCUT2D eigenvalue weighted by Gasteiger charge is -2.38. The fourth-order valence-corrected chi connectivity index (χ4v) is 4.03. The molecule has 15 heavy (non-hydrogen) atoms. The predicted molar refractivity (Wildman–Crippen MR) is 58.6 cm³/mol. The molecule has 0 spiro atoms. The Hall–Kier alpha value is -0.130. The fraction of sp³-hybridized carbons (Fsp3) is 1.00. The largest absolute Gasteiger partial charge is 0.380 e. The second-order valence-electron chi connectivity index (χ2n) is 5.20. The summed E-state index contributed by atoms with van der Waals surface area (Å²) < 4.78 is 27.6. The van der Waals surface area contributed by atoms with Gasteiger partial charge in [0, 0.05) is 12.0 Å². The number of sulfone groups is 1. The van der Waals surface area contributed by atoms with E-state index in [1.54, 1.807) is 0 Å². The van der Waals surface area contributed by atoms with Crippen molar-refractivity contribution in [3.8, 4) is 0 Å². The van der Waals surface area contributed by atoms with Gasteiger partial charge in [-0.15, -0.1) is 0 Å². The number of nitrogens with one attached hydrogen (secondary N) is 1. The van der Waals surface area contributed by atoms with Crippen LogP contribution >= 0.6 is 0 Å². The van der Waals surface area contributed by atoms with Gasteiger partial charge in [0.25, 0.3) is 0 Å². The van der Waals surface area contributed by atoms with Crippen molar-refractivity contribution in [1.82, 2.24) is 5.32 Å². The van der Waals surface area contributed by atoms with Gasteiger partial charge in [0.1, 0.15) is 0 Å². The van der Waals surface area contributed by atoms with Gasteiger partial charge >= 0.3 is 0 Å². The van der Waals surface area contributed by atoms with Crippen LogP contribution in [0, 0.1) is 11.3 Å². The molecule has 0 aromatic carbocycles. The van der Waals surface area contributed by atoms with Crippen molar-refractivity contribution >= 4 is 9.84 Å². The molecular formula is C10H19NO3S. The molecule has 2 saturated heterocycles. The van der Waals surface area contributed by atoms with E-state index in [0.717, 1.165) is 32.7 Å². The molecule has 0 aromatic heterocycles. The molecule has 5 heteroatoms. The number of ether oxygens (including phenoxy) is 1. The lowest BCUT2D eigenvalue weighted by molar-refractivity contribution is -0.0991. The monoisotopic (exact) mass is 233 g/mol. The van der Waals surface area contributed by atoms with Crippen molar-refractivity contribution in [1.29, 1.82) is 0 Å². The van der Waals surface area contributed by atoms with Gasteiger partial charge in [0.15, 0.2) is 9.84 Å². The summed E-state index contributed by atoms with van der Waals surface area (Å²) >= 11 is 0. The lowest BCUT2D eigenvalue weighted by Crippen LogP contribution is -2.48. The third-order valence-electron chi connectivity index (χ3n) is 3.21. The second-order valence-corrected chi connectivity index (χ2v) is 7.43. The molecule has 0 aliphatic carbocycles.